The Kier molecular flexibility index (Phi) is 7.50. The molecule has 0 atom stereocenters. The predicted octanol–water partition coefficient (Wildman–Crippen LogP) is 14.8. The molecule has 1 aliphatic rings. The van der Waals surface area contributed by atoms with Gasteiger partial charge in [0.25, 0.3) is 0 Å². The van der Waals surface area contributed by atoms with Crippen molar-refractivity contribution in [3.8, 4) is 45.3 Å². The predicted molar refractivity (Wildman–Crippen MR) is 243 cm³/mol. The maximum absolute atomic E-state index is 6.71. The molecular formula is C53H33N3OS. The van der Waals surface area contributed by atoms with Gasteiger partial charge < -0.3 is 4.42 Å². The molecule has 0 radical (unpaired) electrons. The second kappa shape index (κ2) is 13.2. The van der Waals surface area contributed by atoms with Crippen LogP contribution in [0.5, 0.6) is 0 Å². The van der Waals surface area contributed by atoms with Crippen LogP contribution in [0.25, 0.3) is 115 Å². The molecule has 3 heterocycles. The molecule has 12 rings (SSSR count). The van der Waals surface area contributed by atoms with Crippen molar-refractivity contribution in [3.05, 3.63) is 182 Å². The van der Waals surface area contributed by atoms with Crippen molar-refractivity contribution in [3.63, 3.8) is 0 Å². The molecule has 0 N–H and O–H groups in total. The molecule has 4 nitrogen and oxygen atoms in total. The number of aromatic nitrogens is 3. The highest BCUT2D eigenvalue weighted by Gasteiger charge is 2.22. The lowest BCUT2D eigenvalue weighted by Gasteiger charge is -2.13. The van der Waals surface area contributed by atoms with Gasteiger partial charge in [-0.2, -0.15) is 0 Å². The lowest BCUT2D eigenvalue weighted by Crippen LogP contribution is -2.01. The summed E-state index contributed by atoms with van der Waals surface area (Å²) in [6, 6.07) is 56.0. The third kappa shape index (κ3) is 5.39. The smallest absolute Gasteiger partial charge is 0.164 e. The van der Waals surface area contributed by atoms with Gasteiger partial charge in [0.2, 0.25) is 0 Å². The highest BCUT2D eigenvalue weighted by Crippen LogP contribution is 2.47. The van der Waals surface area contributed by atoms with E-state index in [9.17, 15) is 0 Å². The van der Waals surface area contributed by atoms with Gasteiger partial charge in [-0.15, -0.1) is 11.3 Å². The number of allylic oxidation sites excluding steroid dienone is 4. The van der Waals surface area contributed by atoms with Gasteiger partial charge in [-0.1, -0.05) is 140 Å². The maximum atomic E-state index is 6.71. The summed E-state index contributed by atoms with van der Waals surface area (Å²) in [6.07, 6.45) is 8.91. The Labute approximate surface area is 338 Å². The van der Waals surface area contributed by atoms with Crippen LogP contribution in [0.15, 0.2) is 180 Å². The van der Waals surface area contributed by atoms with Crippen LogP contribution in [0.2, 0.25) is 0 Å². The quantitative estimate of drug-likeness (QED) is 0.175. The van der Waals surface area contributed by atoms with Crippen LogP contribution in [-0.4, -0.2) is 15.0 Å². The summed E-state index contributed by atoms with van der Waals surface area (Å²) in [4.78, 5) is 15.9. The average Bonchev–Trinajstić information content (AvgIpc) is 3.88. The number of nitrogens with zero attached hydrogens (tertiary/aromatic N) is 3. The van der Waals surface area contributed by atoms with E-state index in [0.29, 0.717) is 17.5 Å². The van der Waals surface area contributed by atoms with E-state index >= 15 is 0 Å². The molecule has 0 fully saturated rings. The van der Waals surface area contributed by atoms with Crippen molar-refractivity contribution in [2.45, 2.75) is 12.8 Å². The molecule has 0 spiro atoms. The van der Waals surface area contributed by atoms with Crippen LogP contribution in [0, 0.1) is 0 Å². The van der Waals surface area contributed by atoms with E-state index in [0.717, 1.165) is 68.0 Å². The van der Waals surface area contributed by atoms with Crippen LogP contribution in [0.3, 0.4) is 0 Å². The third-order valence-electron chi connectivity index (χ3n) is 11.5. The van der Waals surface area contributed by atoms with Crippen LogP contribution < -0.4 is 0 Å². The Morgan fingerprint density at radius 3 is 1.98 bits per heavy atom. The largest absolute Gasteiger partial charge is 0.456 e. The van der Waals surface area contributed by atoms with Gasteiger partial charge in [-0.3, -0.25) is 0 Å². The van der Waals surface area contributed by atoms with E-state index in [2.05, 4.69) is 164 Å². The zero-order valence-electron chi connectivity index (χ0n) is 31.3. The first-order valence-corrected chi connectivity index (χ1v) is 20.6. The van der Waals surface area contributed by atoms with E-state index < -0.39 is 0 Å². The Morgan fingerprint density at radius 2 is 1.14 bits per heavy atom. The molecule has 8 aromatic carbocycles. The molecule has 0 saturated carbocycles. The van der Waals surface area contributed by atoms with Gasteiger partial charge in [0.1, 0.15) is 11.2 Å². The van der Waals surface area contributed by atoms with Crippen LogP contribution in [-0.2, 0) is 0 Å². The van der Waals surface area contributed by atoms with Crippen LogP contribution in [0.4, 0.5) is 0 Å². The van der Waals surface area contributed by atoms with E-state index in [1.54, 1.807) is 0 Å². The Bertz CT molecular complexity index is 3520. The standard InChI is InChI=1S/C53H33N3OS/c1-2-12-32(13-3-1)34-22-25-35(26-23-34)51-54-52(38-27-24-33-14-4-5-15-36(33)28-38)56-53(55-51)44-30-39(31-46-48(44)41-18-8-10-20-45(41)57-46)43-29-37-16-6-7-17-40(37)50-49(43)42-19-9-11-21-47(42)58-50/h2,4-31H,1,3H2. The molecular weight excluding hydrogens is 727 g/mol. The minimum atomic E-state index is 0.598. The Morgan fingerprint density at radius 1 is 0.448 bits per heavy atom. The van der Waals surface area contributed by atoms with Crippen molar-refractivity contribution in [2.75, 3.05) is 0 Å². The first kappa shape index (κ1) is 33.0. The molecule has 0 unspecified atom stereocenters. The van der Waals surface area contributed by atoms with Gasteiger partial charge in [0.05, 0.1) is 0 Å². The normalized spacial score (nSPS) is 13.1. The minimum absolute atomic E-state index is 0.598. The number of fused-ring (bicyclic) bond motifs is 9. The number of rotatable bonds is 5. The number of benzene rings is 8. The molecule has 0 amide bonds. The van der Waals surface area contributed by atoms with Gasteiger partial charge in [-0.05, 0) is 93.0 Å². The molecule has 1 aliphatic carbocycles. The van der Waals surface area contributed by atoms with Crippen molar-refractivity contribution >= 4 is 80.6 Å². The van der Waals surface area contributed by atoms with E-state index in [-0.39, 0.29) is 0 Å². The van der Waals surface area contributed by atoms with Gasteiger partial charge in [-0.25, -0.2) is 15.0 Å². The molecule has 0 saturated heterocycles. The molecule has 272 valence electrons. The molecule has 0 bridgehead atoms. The zero-order valence-corrected chi connectivity index (χ0v) is 32.1. The van der Waals surface area contributed by atoms with Gasteiger partial charge in [0.15, 0.2) is 17.5 Å². The topological polar surface area (TPSA) is 51.8 Å². The second-order valence-electron chi connectivity index (χ2n) is 15.0. The number of furan rings is 1. The van der Waals surface area contributed by atoms with E-state index in [1.165, 1.54) is 47.5 Å². The minimum Gasteiger partial charge on any atom is -0.456 e. The highest BCUT2D eigenvalue weighted by molar-refractivity contribution is 7.26. The summed E-state index contributed by atoms with van der Waals surface area (Å²) in [5, 5.41) is 9.27. The molecule has 5 heteroatoms. The SMILES string of the molecule is C1=CC(c2ccc(-c3nc(-c4ccc5ccccc5c4)nc(-c4cc(-c5cc6ccccc6c6sc7ccccc7c56)cc5oc6ccccc6c45)n3)cc2)=CCC1. The summed E-state index contributed by atoms with van der Waals surface area (Å²) in [6.45, 7) is 0. The molecule has 58 heavy (non-hydrogen) atoms. The second-order valence-corrected chi connectivity index (χ2v) is 16.1. The van der Waals surface area contributed by atoms with Gasteiger partial charge >= 0.3 is 0 Å². The summed E-state index contributed by atoms with van der Waals surface area (Å²) in [5.74, 6) is 1.84. The Hall–Kier alpha value is -7.21. The first-order chi connectivity index (χ1) is 28.7. The highest BCUT2D eigenvalue weighted by atomic mass is 32.1. The van der Waals surface area contributed by atoms with Crippen LogP contribution >= 0.6 is 11.3 Å². The van der Waals surface area contributed by atoms with Crippen LogP contribution in [0.1, 0.15) is 18.4 Å². The van der Waals surface area contributed by atoms with E-state index in [1.807, 2.05) is 23.5 Å². The van der Waals surface area contributed by atoms with Crippen molar-refractivity contribution in [1.29, 1.82) is 0 Å². The number of para-hydroxylation sites is 1. The van der Waals surface area contributed by atoms with Gasteiger partial charge in [0, 0.05) is 47.6 Å². The summed E-state index contributed by atoms with van der Waals surface area (Å²) in [5.41, 5.74) is 9.02. The fraction of sp³-hybridized carbons (Fsp3) is 0.0377. The fourth-order valence-electron chi connectivity index (χ4n) is 8.70. The Balaban J connectivity index is 1.14. The first-order valence-electron chi connectivity index (χ1n) is 19.7. The number of hydrogen-bond acceptors (Lipinski definition) is 5. The van der Waals surface area contributed by atoms with Crippen molar-refractivity contribution in [2.24, 2.45) is 0 Å². The fourth-order valence-corrected chi connectivity index (χ4v) is 9.96. The summed E-state index contributed by atoms with van der Waals surface area (Å²) in [7, 11) is 0. The monoisotopic (exact) mass is 759 g/mol. The van der Waals surface area contributed by atoms with E-state index in [4.69, 9.17) is 19.4 Å². The third-order valence-corrected chi connectivity index (χ3v) is 12.7. The van der Waals surface area contributed by atoms with Crippen molar-refractivity contribution < 1.29 is 4.42 Å². The maximum Gasteiger partial charge on any atom is 0.164 e. The van der Waals surface area contributed by atoms with Crippen molar-refractivity contribution in [1.82, 2.24) is 15.0 Å². The summed E-state index contributed by atoms with van der Waals surface area (Å²) >= 11 is 1.85. The number of thiophene rings is 1. The number of hydrogen-bond donors (Lipinski definition) is 0. The lowest BCUT2D eigenvalue weighted by atomic mass is 9.93. The molecule has 3 aromatic heterocycles. The zero-order chi connectivity index (χ0) is 38.2. The average molecular weight is 760 g/mol. The molecule has 0 aliphatic heterocycles. The summed E-state index contributed by atoms with van der Waals surface area (Å²) < 4.78 is 9.26. The molecule has 11 aromatic rings. The lowest BCUT2D eigenvalue weighted by molar-refractivity contribution is 0.669.